The summed E-state index contributed by atoms with van der Waals surface area (Å²) < 4.78 is 0. The third kappa shape index (κ3) is 2.30. The second-order valence-electron chi connectivity index (χ2n) is 3.27. The number of anilines is 1. The minimum absolute atomic E-state index is 0.0816. The van der Waals surface area contributed by atoms with Crippen LogP contribution in [0.15, 0.2) is 17.2 Å². The van der Waals surface area contributed by atoms with Crippen molar-refractivity contribution in [2.45, 2.75) is 12.5 Å². The van der Waals surface area contributed by atoms with Gasteiger partial charge in [-0.1, -0.05) is 0 Å². The second kappa shape index (κ2) is 4.21. The monoisotopic (exact) mass is 199 g/mol. The van der Waals surface area contributed by atoms with Gasteiger partial charge in [0.05, 0.1) is 18.8 Å². The minimum Gasteiger partial charge on any atom is -0.394 e. The molecule has 0 radical (unpaired) electrons. The Morgan fingerprint density at radius 1 is 1.57 bits per heavy atom. The van der Waals surface area contributed by atoms with Crippen LogP contribution in [0.1, 0.15) is 6.92 Å². The second-order valence-corrected chi connectivity index (χ2v) is 3.27. The molecule has 14 heavy (non-hydrogen) atoms. The summed E-state index contributed by atoms with van der Waals surface area (Å²) in [4.78, 5) is 17.4. The van der Waals surface area contributed by atoms with Crippen molar-refractivity contribution in [2.24, 2.45) is 0 Å². The first-order valence-corrected chi connectivity index (χ1v) is 4.15. The van der Waals surface area contributed by atoms with Crippen LogP contribution in [-0.2, 0) is 0 Å². The predicted molar refractivity (Wildman–Crippen MR) is 51.1 cm³/mol. The van der Waals surface area contributed by atoms with Crippen molar-refractivity contribution < 1.29 is 10.2 Å². The summed E-state index contributed by atoms with van der Waals surface area (Å²) in [6.07, 6.45) is 2.82. The lowest BCUT2D eigenvalue weighted by Gasteiger charge is -2.25. The van der Waals surface area contributed by atoms with E-state index in [2.05, 4.69) is 15.3 Å². The number of H-pyrrole nitrogens is 1. The SMILES string of the molecule is CC(CO)(CO)Nc1ncc[nH]c1=O. The highest BCUT2D eigenvalue weighted by atomic mass is 16.3. The summed E-state index contributed by atoms with van der Waals surface area (Å²) in [6.45, 7) is 1.00. The number of hydrogen-bond donors (Lipinski definition) is 4. The Morgan fingerprint density at radius 3 is 2.71 bits per heavy atom. The molecule has 6 nitrogen and oxygen atoms in total. The van der Waals surface area contributed by atoms with E-state index in [0.717, 1.165) is 0 Å². The van der Waals surface area contributed by atoms with Crippen LogP contribution in [0.25, 0.3) is 0 Å². The van der Waals surface area contributed by atoms with E-state index in [1.54, 1.807) is 6.92 Å². The molecule has 0 fully saturated rings. The van der Waals surface area contributed by atoms with Crippen molar-refractivity contribution in [1.82, 2.24) is 9.97 Å². The maximum atomic E-state index is 11.2. The van der Waals surface area contributed by atoms with Gasteiger partial charge in [-0.2, -0.15) is 0 Å². The lowest BCUT2D eigenvalue weighted by Crippen LogP contribution is -2.44. The third-order valence-electron chi connectivity index (χ3n) is 1.83. The summed E-state index contributed by atoms with van der Waals surface area (Å²) in [5, 5.41) is 20.6. The van der Waals surface area contributed by atoms with Gasteiger partial charge in [0.25, 0.3) is 5.56 Å². The van der Waals surface area contributed by atoms with Gasteiger partial charge in [0, 0.05) is 12.4 Å². The van der Waals surface area contributed by atoms with Crippen molar-refractivity contribution in [3.8, 4) is 0 Å². The molecule has 0 saturated carbocycles. The summed E-state index contributed by atoms with van der Waals surface area (Å²) in [6, 6.07) is 0. The van der Waals surface area contributed by atoms with Crippen molar-refractivity contribution in [3.63, 3.8) is 0 Å². The molecule has 0 aromatic carbocycles. The van der Waals surface area contributed by atoms with Gasteiger partial charge < -0.3 is 20.5 Å². The smallest absolute Gasteiger partial charge is 0.290 e. The number of rotatable bonds is 4. The molecule has 4 N–H and O–H groups in total. The molecule has 1 heterocycles. The van der Waals surface area contributed by atoms with E-state index in [0.29, 0.717) is 0 Å². The van der Waals surface area contributed by atoms with Gasteiger partial charge in [-0.3, -0.25) is 4.79 Å². The lowest BCUT2D eigenvalue weighted by molar-refractivity contribution is 0.147. The van der Waals surface area contributed by atoms with E-state index in [-0.39, 0.29) is 24.6 Å². The fourth-order valence-electron chi connectivity index (χ4n) is 0.856. The van der Waals surface area contributed by atoms with Gasteiger partial charge in [-0.15, -0.1) is 0 Å². The molecule has 0 saturated heterocycles. The Kier molecular flexibility index (Phi) is 3.21. The zero-order valence-electron chi connectivity index (χ0n) is 7.82. The maximum Gasteiger partial charge on any atom is 0.290 e. The molecule has 1 aromatic rings. The number of aromatic amines is 1. The summed E-state index contributed by atoms with van der Waals surface area (Å²) in [5.41, 5.74) is -1.33. The van der Waals surface area contributed by atoms with Gasteiger partial charge in [-0.25, -0.2) is 4.98 Å². The van der Waals surface area contributed by atoms with Crippen molar-refractivity contribution >= 4 is 5.82 Å². The van der Waals surface area contributed by atoms with Crippen LogP contribution in [0, 0.1) is 0 Å². The summed E-state index contributed by atoms with van der Waals surface area (Å²) in [5.74, 6) is 0.0816. The van der Waals surface area contributed by atoms with Gasteiger partial charge >= 0.3 is 0 Å². The molecular formula is C8H13N3O3. The Bertz CT molecular complexity index is 346. The van der Waals surface area contributed by atoms with Crippen molar-refractivity contribution in [3.05, 3.63) is 22.7 Å². The zero-order valence-corrected chi connectivity index (χ0v) is 7.82. The van der Waals surface area contributed by atoms with Crippen LogP contribution in [0.2, 0.25) is 0 Å². The molecule has 0 unspecified atom stereocenters. The molecule has 0 atom stereocenters. The Balaban J connectivity index is 2.88. The Morgan fingerprint density at radius 2 is 2.21 bits per heavy atom. The van der Waals surface area contributed by atoms with Crippen LogP contribution in [0.4, 0.5) is 5.82 Å². The van der Waals surface area contributed by atoms with E-state index in [1.807, 2.05) is 0 Å². The Hall–Kier alpha value is -1.40. The first-order chi connectivity index (χ1) is 6.61. The molecule has 0 bridgehead atoms. The van der Waals surface area contributed by atoms with Crippen LogP contribution in [0.3, 0.4) is 0 Å². The normalized spacial score (nSPS) is 11.4. The molecule has 0 aliphatic carbocycles. The largest absolute Gasteiger partial charge is 0.394 e. The molecule has 6 heteroatoms. The van der Waals surface area contributed by atoms with E-state index in [9.17, 15) is 4.79 Å². The molecule has 0 aliphatic rings. The topological polar surface area (TPSA) is 98.2 Å². The predicted octanol–water partition coefficient (Wildman–Crippen LogP) is -1.07. The molecule has 1 aromatic heterocycles. The standard InChI is InChI=1S/C8H13N3O3/c1-8(4-12,5-13)11-6-7(14)10-3-2-9-6/h2-3,12-13H,4-5H2,1H3,(H,9,11)(H,10,14). The molecular weight excluding hydrogens is 186 g/mol. The zero-order chi connectivity index (χ0) is 10.6. The van der Waals surface area contributed by atoms with E-state index in [4.69, 9.17) is 10.2 Å². The molecule has 0 amide bonds. The Labute approximate surface area is 80.6 Å². The van der Waals surface area contributed by atoms with Gasteiger partial charge in [-0.05, 0) is 6.92 Å². The van der Waals surface area contributed by atoms with Crippen LogP contribution < -0.4 is 10.9 Å². The molecule has 0 aliphatic heterocycles. The molecule has 78 valence electrons. The van der Waals surface area contributed by atoms with Crippen LogP contribution in [0.5, 0.6) is 0 Å². The van der Waals surface area contributed by atoms with Gasteiger partial charge in [0.15, 0.2) is 5.82 Å². The first kappa shape index (κ1) is 10.7. The fraction of sp³-hybridized carbons (Fsp3) is 0.500. The average molecular weight is 199 g/mol. The minimum atomic E-state index is -0.943. The number of nitrogens with one attached hydrogen (secondary N) is 2. The maximum absolute atomic E-state index is 11.2. The highest BCUT2D eigenvalue weighted by Crippen LogP contribution is 2.07. The number of aromatic nitrogens is 2. The van der Waals surface area contributed by atoms with E-state index >= 15 is 0 Å². The van der Waals surface area contributed by atoms with Gasteiger partial charge in [0.2, 0.25) is 0 Å². The number of aliphatic hydroxyl groups is 2. The lowest BCUT2D eigenvalue weighted by atomic mass is 10.1. The van der Waals surface area contributed by atoms with E-state index in [1.165, 1.54) is 12.4 Å². The number of hydrogen-bond acceptors (Lipinski definition) is 5. The van der Waals surface area contributed by atoms with Crippen LogP contribution >= 0.6 is 0 Å². The molecule has 1 rings (SSSR count). The van der Waals surface area contributed by atoms with Crippen molar-refractivity contribution in [1.29, 1.82) is 0 Å². The third-order valence-corrected chi connectivity index (χ3v) is 1.83. The highest BCUT2D eigenvalue weighted by Gasteiger charge is 2.23. The van der Waals surface area contributed by atoms with Crippen molar-refractivity contribution in [2.75, 3.05) is 18.5 Å². The first-order valence-electron chi connectivity index (χ1n) is 4.15. The fourth-order valence-corrected chi connectivity index (χ4v) is 0.856. The average Bonchev–Trinajstić information content (AvgIpc) is 2.21. The number of nitrogens with zero attached hydrogens (tertiary/aromatic N) is 1. The quantitative estimate of drug-likeness (QED) is 0.494. The van der Waals surface area contributed by atoms with Gasteiger partial charge in [0.1, 0.15) is 0 Å². The summed E-state index contributed by atoms with van der Waals surface area (Å²) >= 11 is 0. The molecule has 0 spiro atoms. The highest BCUT2D eigenvalue weighted by molar-refractivity contribution is 5.34. The van der Waals surface area contributed by atoms with E-state index < -0.39 is 5.54 Å². The van der Waals surface area contributed by atoms with Crippen LogP contribution in [-0.4, -0.2) is 38.9 Å². The summed E-state index contributed by atoms with van der Waals surface area (Å²) in [7, 11) is 0. The number of aliphatic hydroxyl groups excluding tert-OH is 2.